The monoisotopic (exact) mass is 298 g/mol. The van der Waals surface area contributed by atoms with Gasteiger partial charge in [0.15, 0.2) is 0 Å². The van der Waals surface area contributed by atoms with E-state index in [2.05, 4.69) is 65.9 Å². The summed E-state index contributed by atoms with van der Waals surface area (Å²) >= 11 is 0. The molecule has 3 unspecified atom stereocenters. The summed E-state index contributed by atoms with van der Waals surface area (Å²) in [6.07, 6.45) is 2.82. The number of nitrogens with one attached hydrogen (secondary N) is 1. The van der Waals surface area contributed by atoms with Crippen molar-refractivity contribution in [1.29, 1.82) is 0 Å². The van der Waals surface area contributed by atoms with Gasteiger partial charge in [-0.3, -0.25) is 0 Å². The Labute approximate surface area is 132 Å². The van der Waals surface area contributed by atoms with Crippen molar-refractivity contribution >= 4 is 0 Å². The van der Waals surface area contributed by atoms with Gasteiger partial charge in [-0.15, -0.1) is 0 Å². The minimum atomic E-state index is 0.254. The first kappa shape index (κ1) is 18.9. The molecular formula is C18H38N2O. The fourth-order valence-electron chi connectivity index (χ4n) is 3.12. The van der Waals surface area contributed by atoms with Gasteiger partial charge in [0.1, 0.15) is 0 Å². The Morgan fingerprint density at radius 3 is 2.19 bits per heavy atom. The molecule has 0 amide bonds. The van der Waals surface area contributed by atoms with Gasteiger partial charge in [-0.2, -0.15) is 0 Å². The molecule has 1 N–H and O–H groups in total. The molecule has 3 atom stereocenters. The van der Waals surface area contributed by atoms with Crippen LogP contribution in [0.1, 0.15) is 54.4 Å². The number of rotatable bonds is 9. The minimum Gasteiger partial charge on any atom is -0.377 e. The van der Waals surface area contributed by atoms with Crippen LogP contribution in [0.4, 0.5) is 0 Å². The quantitative estimate of drug-likeness (QED) is 0.706. The summed E-state index contributed by atoms with van der Waals surface area (Å²) in [5.41, 5.74) is 0.254. The molecule has 21 heavy (non-hydrogen) atoms. The minimum absolute atomic E-state index is 0.254. The van der Waals surface area contributed by atoms with Crippen LogP contribution in [0.3, 0.4) is 0 Å². The van der Waals surface area contributed by atoms with Crippen molar-refractivity contribution < 1.29 is 4.74 Å². The highest BCUT2D eigenvalue weighted by atomic mass is 16.5. The van der Waals surface area contributed by atoms with Crippen LogP contribution < -0.4 is 5.32 Å². The Kier molecular flexibility index (Phi) is 7.15. The number of hydrogen-bond donors (Lipinski definition) is 1. The Morgan fingerprint density at radius 2 is 1.76 bits per heavy atom. The van der Waals surface area contributed by atoms with Gasteiger partial charge in [-0.1, -0.05) is 41.5 Å². The van der Waals surface area contributed by atoms with E-state index in [4.69, 9.17) is 4.74 Å². The number of ether oxygens (including phenoxy) is 1. The standard InChI is InChI=1S/C18H38N2O/c1-13(2)9-15(20(7)8)11-19-16-10-17(18(16,5)6)21-12-14(3)4/h13-17,19H,9-12H2,1-8H3. The van der Waals surface area contributed by atoms with Gasteiger partial charge in [-0.05, 0) is 38.8 Å². The average Bonchev–Trinajstić information content (AvgIpc) is 2.34. The smallest absolute Gasteiger partial charge is 0.0656 e. The molecule has 0 saturated heterocycles. The molecule has 0 aliphatic heterocycles. The third-order valence-corrected chi connectivity index (χ3v) is 4.88. The summed E-state index contributed by atoms with van der Waals surface area (Å²) in [7, 11) is 4.38. The predicted molar refractivity (Wildman–Crippen MR) is 91.7 cm³/mol. The molecule has 0 heterocycles. The molecule has 126 valence electrons. The van der Waals surface area contributed by atoms with E-state index in [0.29, 0.717) is 24.1 Å². The lowest BCUT2D eigenvalue weighted by Crippen LogP contribution is -2.62. The van der Waals surface area contributed by atoms with Crippen LogP contribution in [0.15, 0.2) is 0 Å². The molecule has 1 rings (SSSR count). The van der Waals surface area contributed by atoms with Crippen molar-refractivity contribution in [3.8, 4) is 0 Å². The van der Waals surface area contributed by atoms with Crippen molar-refractivity contribution in [2.45, 2.75) is 72.6 Å². The summed E-state index contributed by atoms with van der Waals surface area (Å²) in [5, 5.41) is 3.79. The van der Waals surface area contributed by atoms with Crippen LogP contribution >= 0.6 is 0 Å². The predicted octanol–water partition coefficient (Wildman–Crippen LogP) is 3.39. The van der Waals surface area contributed by atoms with E-state index in [-0.39, 0.29) is 5.41 Å². The zero-order valence-electron chi connectivity index (χ0n) is 15.6. The molecule has 1 aliphatic rings. The maximum atomic E-state index is 6.05. The Morgan fingerprint density at radius 1 is 1.14 bits per heavy atom. The van der Waals surface area contributed by atoms with Crippen molar-refractivity contribution in [1.82, 2.24) is 10.2 Å². The maximum absolute atomic E-state index is 6.05. The molecule has 0 aromatic rings. The average molecular weight is 299 g/mol. The third kappa shape index (κ3) is 5.54. The van der Waals surface area contributed by atoms with Gasteiger partial charge in [0.05, 0.1) is 6.10 Å². The molecule has 1 saturated carbocycles. The normalized spacial score (nSPS) is 26.4. The largest absolute Gasteiger partial charge is 0.377 e. The Bertz CT molecular complexity index is 300. The first-order chi connectivity index (χ1) is 9.64. The number of nitrogens with zero attached hydrogens (tertiary/aromatic N) is 1. The summed E-state index contributed by atoms with van der Waals surface area (Å²) in [4.78, 5) is 2.35. The first-order valence-corrected chi connectivity index (χ1v) is 8.66. The molecule has 3 heteroatoms. The van der Waals surface area contributed by atoms with Crippen LogP contribution in [0, 0.1) is 17.3 Å². The molecule has 0 aromatic carbocycles. The lowest BCUT2D eigenvalue weighted by molar-refractivity contribution is -0.124. The molecule has 0 radical (unpaired) electrons. The highest BCUT2D eigenvalue weighted by Gasteiger charge is 2.48. The molecule has 1 aliphatic carbocycles. The lowest BCUT2D eigenvalue weighted by atomic mass is 9.64. The third-order valence-electron chi connectivity index (χ3n) is 4.88. The zero-order valence-corrected chi connectivity index (χ0v) is 15.6. The van der Waals surface area contributed by atoms with Crippen molar-refractivity contribution in [2.75, 3.05) is 27.2 Å². The van der Waals surface area contributed by atoms with E-state index >= 15 is 0 Å². The van der Waals surface area contributed by atoms with E-state index in [1.165, 1.54) is 6.42 Å². The molecule has 3 nitrogen and oxygen atoms in total. The number of likely N-dealkylation sites (N-methyl/N-ethyl adjacent to an activating group) is 1. The van der Waals surface area contributed by atoms with E-state index < -0.39 is 0 Å². The second-order valence-corrected chi connectivity index (χ2v) is 8.48. The fraction of sp³-hybridized carbons (Fsp3) is 1.00. The van der Waals surface area contributed by atoms with Crippen LogP contribution in [0.5, 0.6) is 0 Å². The zero-order chi connectivity index (χ0) is 16.2. The fourth-order valence-corrected chi connectivity index (χ4v) is 3.12. The van der Waals surface area contributed by atoms with Crippen molar-refractivity contribution in [3.63, 3.8) is 0 Å². The highest BCUT2D eigenvalue weighted by molar-refractivity contribution is 5.03. The van der Waals surface area contributed by atoms with Crippen LogP contribution in [0.25, 0.3) is 0 Å². The SMILES string of the molecule is CC(C)COC1CC(NCC(CC(C)C)N(C)C)C1(C)C. The van der Waals surface area contributed by atoms with Gasteiger partial charge in [0.2, 0.25) is 0 Å². The van der Waals surface area contributed by atoms with E-state index in [9.17, 15) is 0 Å². The highest BCUT2D eigenvalue weighted by Crippen LogP contribution is 2.43. The molecular weight excluding hydrogens is 260 g/mol. The summed E-state index contributed by atoms with van der Waals surface area (Å²) in [5.74, 6) is 1.37. The van der Waals surface area contributed by atoms with E-state index in [1.54, 1.807) is 0 Å². The summed E-state index contributed by atoms with van der Waals surface area (Å²) < 4.78 is 6.05. The van der Waals surface area contributed by atoms with Crippen molar-refractivity contribution in [3.05, 3.63) is 0 Å². The Hall–Kier alpha value is -0.120. The molecule has 0 aromatic heterocycles. The lowest BCUT2D eigenvalue weighted by Gasteiger charge is -2.52. The van der Waals surface area contributed by atoms with Crippen molar-refractivity contribution in [2.24, 2.45) is 17.3 Å². The van der Waals surface area contributed by atoms with Gasteiger partial charge in [0, 0.05) is 30.7 Å². The Balaban J connectivity index is 2.39. The van der Waals surface area contributed by atoms with Crippen LogP contribution in [-0.2, 0) is 4.74 Å². The van der Waals surface area contributed by atoms with Crippen LogP contribution in [0.2, 0.25) is 0 Å². The molecule has 1 fully saturated rings. The second-order valence-electron chi connectivity index (χ2n) is 8.48. The van der Waals surface area contributed by atoms with Gasteiger partial charge in [-0.25, -0.2) is 0 Å². The molecule has 0 bridgehead atoms. The molecule has 0 spiro atoms. The topological polar surface area (TPSA) is 24.5 Å². The van der Waals surface area contributed by atoms with Gasteiger partial charge in [0.25, 0.3) is 0 Å². The second kappa shape index (κ2) is 7.94. The maximum Gasteiger partial charge on any atom is 0.0656 e. The van der Waals surface area contributed by atoms with Gasteiger partial charge < -0.3 is 15.0 Å². The first-order valence-electron chi connectivity index (χ1n) is 8.66. The van der Waals surface area contributed by atoms with E-state index in [1.807, 2.05) is 0 Å². The van der Waals surface area contributed by atoms with Gasteiger partial charge >= 0.3 is 0 Å². The summed E-state index contributed by atoms with van der Waals surface area (Å²) in [6, 6.07) is 1.21. The number of hydrogen-bond acceptors (Lipinski definition) is 3. The summed E-state index contributed by atoms with van der Waals surface area (Å²) in [6.45, 7) is 15.7. The van der Waals surface area contributed by atoms with Crippen LogP contribution in [-0.4, -0.2) is 50.3 Å². The van der Waals surface area contributed by atoms with E-state index in [0.717, 1.165) is 25.5 Å².